The van der Waals surface area contributed by atoms with E-state index in [0.717, 1.165) is 42.0 Å². The van der Waals surface area contributed by atoms with Gasteiger partial charge in [-0.2, -0.15) is 0 Å². The lowest BCUT2D eigenvalue weighted by Gasteiger charge is -2.27. The number of thioether (sulfide) groups is 1. The standard InChI is InChI=1S/C22H23N3OS2/c1-13(20(26)25-17-10-4-7-14-6-2-3-8-15(14)17)27-21-19-16-9-5-11-18(16)28-22(19)24-12-23-21/h2-3,6,8,12-13,17H,4-5,7,9-11H2,1H3,(H,25,26)/t13-,17-/m1/s1. The van der Waals surface area contributed by atoms with Gasteiger partial charge in [-0.05, 0) is 62.1 Å². The monoisotopic (exact) mass is 409 g/mol. The van der Waals surface area contributed by atoms with Gasteiger partial charge in [0.2, 0.25) is 5.91 Å². The maximum absolute atomic E-state index is 13.0. The summed E-state index contributed by atoms with van der Waals surface area (Å²) in [7, 11) is 0. The molecule has 0 spiro atoms. The molecule has 3 aromatic rings. The topological polar surface area (TPSA) is 54.9 Å². The lowest BCUT2D eigenvalue weighted by Crippen LogP contribution is -2.35. The van der Waals surface area contributed by atoms with Crippen LogP contribution < -0.4 is 5.32 Å². The molecule has 1 N–H and O–H groups in total. The van der Waals surface area contributed by atoms with Gasteiger partial charge < -0.3 is 5.32 Å². The molecule has 0 fully saturated rings. The number of nitrogens with one attached hydrogen (secondary N) is 1. The second-order valence-electron chi connectivity index (χ2n) is 7.63. The molecule has 2 aromatic heterocycles. The van der Waals surface area contributed by atoms with E-state index < -0.39 is 0 Å². The van der Waals surface area contributed by atoms with Crippen molar-refractivity contribution in [2.24, 2.45) is 0 Å². The molecule has 144 valence electrons. The van der Waals surface area contributed by atoms with E-state index in [1.165, 1.54) is 33.4 Å². The summed E-state index contributed by atoms with van der Waals surface area (Å²) in [5, 5.41) is 5.24. The Morgan fingerprint density at radius 3 is 3.04 bits per heavy atom. The van der Waals surface area contributed by atoms with Crippen LogP contribution in [0.4, 0.5) is 0 Å². The number of hydrogen-bond acceptors (Lipinski definition) is 5. The third-order valence-electron chi connectivity index (χ3n) is 5.81. The number of aromatic nitrogens is 2. The quantitative estimate of drug-likeness (QED) is 0.494. The number of rotatable bonds is 4. The second-order valence-corrected chi connectivity index (χ2v) is 10.0. The number of fused-ring (bicyclic) bond motifs is 4. The maximum Gasteiger partial charge on any atom is 0.233 e. The third kappa shape index (κ3) is 3.22. The normalized spacial score (nSPS) is 19.2. The number of carbonyl (C=O) groups is 1. The molecule has 2 aliphatic rings. The van der Waals surface area contributed by atoms with Gasteiger partial charge in [0.1, 0.15) is 16.2 Å². The Balaban J connectivity index is 1.35. The summed E-state index contributed by atoms with van der Waals surface area (Å²) in [6.07, 6.45) is 8.35. The van der Waals surface area contributed by atoms with Crippen molar-refractivity contribution in [1.82, 2.24) is 15.3 Å². The second kappa shape index (κ2) is 7.48. The van der Waals surface area contributed by atoms with Crippen LogP contribution in [0.15, 0.2) is 35.6 Å². The molecule has 0 saturated carbocycles. The number of thiophene rings is 1. The first-order valence-electron chi connectivity index (χ1n) is 10.0. The smallest absolute Gasteiger partial charge is 0.233 e. The van der Waals surface area contributed by atoms with Crippen LogP contribution in [0, 0.1) is 0 Å². The first-order chi connectivity index (χ1) is 13.7. The molecule has 0 unspecified atom stereocenters. The molecular formula is C22H23N3OS2. The molecule has 0 radical (unpaired) electrons. The van der Waals surface area contributed by atoms with Crippen LogP contribution in [-0.2, 0) is 24.1 Å². The number of hydrogen-bond donors (Lipinski definition) is 1. The highest BCUT2D eigenvalue weighted by atomic mass is 32.2. The van der Waals surface area contributed by atoms with Gasteiger partial charge in [-0.3, -0.25) is 4.79 Å². The van der Waals surface area contributed by atoms with Crippen LogP contribution in [0.2, 0.25) is 0 Å². The fraction of sp³-hybridized carbons (Fsp3) is 0.409. The largest absolute Gasteiger partial charge is 0.348 e. The summed E-state index contributed by atoms with van der Waals surface area (Å²) in [6, 6.07) is 8.61. The number of nitrogens with zero attached hydrogens (tertiary/aromatic N) is 2. The van der Waals surface area contributed by atoms with Crippen molar-refractivity contribution in [2.75, 3.05) is 0 Å². The Kier molecular flexibility index (Phi) is 4.85. The number of aryl methyl sites for hydroxylation is 3. The molecule has 1 aromatic carbocycles. The van der Waals surface area contributed by atoms with Crippen LogP contribution in [0.3, 0.4) is 0 Å². The molecule has 4 nitrogen and oxygen atoms in total. The highest BCUT2D eigenvalue weighted by molar-refractivity contribution is 8.00. The van der Waals surface area contributed by atoms with Gasteiger partial charge in [0.15, 0.2) is 0 Å². The Hall–Kier alpha value is -1.92. The van der Waals surface area contributed by atoms with Crippen molar-refractivity contribution in [3.05, 3.63) is 52.2 Å². The van der Waals surface area contributed by atoms with Crippen molar-refractivity contribution in [1.29, 1.82) is 0 Å². The summed E-state index contributed by atoms with van der Waals surface area (Å²) >= 11 is 3.36. The molecule has 2 atom stereocenters. The molecule has 5 rings (SSSR count). The predicted molar refractivity (Wildman–Crippen MR) is 115 cm³/mol. The molecule has 0 aliphatic heterocycles. The van der Waals surface area contributed by atoms with E-state index in [-0.39, 0.29) is 17.2 Å². The van der Waals surface area contributed by atoms with Gasteiger partial charge in [-0.15, -0.1) is 11.3 Å². The predicted octanol–water partition coefficient (Wildman–Crippen LogP) is 4.85. The zero-order chi connectivity index (χ0) is 19.1. The third-order valence-corrected chi connectivity index (χ3v) is 8.11. The molecule has 0 saturated heterocycles. The Morgan fingerprint density at radius 2 is 2.11 bits per heavy atom. The first-order valence-corrected chi connectivity index (χ1v) is 11.7. The van der Waals surface area contributed by atoms with Crippen LogP contribution in [0.5, 0.6) is 0 Å². The van der Waals surface area contributed by atoms with Gasteiger partial charge in [0, 0.05) is 10.3 Å². The van der Waals surface area contributed by atoms with E-state index >= 15 is 0 Å². The number of benzene rings is 1. The Bertz CT molecular complexity index is 1050. The van der Waals surface area contributed by atoms with Crippen LogP contribution in [-0.4, -0.2) is 21.1 Å². The van der Waals surface area contributed by atoms with Crippen molar-refractivity contribution in [2.45, 2.75) is 61.8 Å². The lowest BCUT2D eigenvalue weighted by atomic mass is 9.88. The van der Waals surface area contributed by atoms with E-state index in [9.17, 15) is 4.79 Å². The fourth-order valence-corrected chi connectivity index (χ4v) is 6.65. The van der Waals surface area contributed by atoms with E-state index in [1.54, 1.807) is 29.4 Å². The Morgan fingerprint density at radius 1 is 1.21 bits per heavy atom. The average molecular weight is 410 g/mol. The fourth-order valence-electron chi connectivity index (χ4n) is 4.40. The summed E-state index contributed by atoms with van der Waals surface area (Å²) < 4.78 is 0. The van der Waals surface area contributed by atoms with E-state index in [1.807, 2.05) is 6.92 Å². The Labute approximate surface area is 173 Å². The highest BCUT2D eigenvalue weighted by Crippen LogP contribution is 2.41. The minimum absolute atomic E-state index is 0.0883. The maximum atomic E-state index is 13.0. The molecule has 28 heavy (non-hydrogen) atoms. The van der Waals surface area contributed by atoms with Crippen LogP contribution in [0.25, 0.3) is 10.2 Å². The van der Waals surface area contributed by atoms with E-state index in [0.29, 0.717) is 0 Å². The summed E-state index contributed by atoms with van der Waals surface area (Å²) in [6.45, 7) is 1.98. The molecule has 2 heterocycles. The van der Waals surface area contributed by atoms with Gasteiger partial charge in [0.05, 0.1) is 11.3 Å². The number of amides is 1. The van der Waals surface area contributed by atoms with Gasteiger partial charge >= 0.3 is 0 Å². The summed E-state index contributed by atoms with van der Waals surface area (Å²) in [5.41, 5.74) is 4.06. The van der Waals surface area contributed by atoms with Crippen LogP contribution >= 0.6 is 23.1 Å². The van der Waals surface area contributed by atoms with Crippen molar-refractivity contribution in [3.63, 3.8) is 0 Å². The first kappa shape index (κ1) is 18.1. The number of carbonyl (C=O) groups excluding carboxylic acids is 1. The van der Waals surface area contributed by atoms with Crippen molar-refractivity contribution in [3.8, 4) is 0 Å². The van der Waals surface area contributed by atoms with E-state index in [2.05, 4.69) is 39.6 Å². The average Bonchev–Trinajstić information content (AvgIpc) is 3.29. The van der Waals surface area contributed by atoms with Crippen molar-refractivity contribution >= 4 is 39.2 Å². The minimum atomic E-state index is -0.191. The zero-order valence-electron chi connectivity index (χ0n) is 15.9. The summed E-state index contributed by atoms with van der Waals surface area (Å²) in [4.78, 5) is 24.5. The van der Waals surface area contributed by atoms with Gasteiger partial charge in [0.25, 0.3) is 0 Å². The van der Waals surface area contributed by atoms with Crippen LogP contribution in [0.1, 0.15) is 53.8 Å². The molecule has 6 heteroatoms. The minimum Gasteiger partial charge on any atom is -0.348 e. The summed E-state index contributed by atoms with van der Waals surface area (Å²) in [5.74, 6) is 0.0883. The zero-order valence-corrected chi connectivity index (χ0v) is 17.5. The molecular weight excluding hydrogens is 386 g/mol. The highest BCUT2D eigenvalue weighted by Gasteiger charge is 2.26. The van der Waals surface area contributed by atoms with Gasteiger partial charge in [-0.1, -0.05) is 36.0 Å². The van der Waals surface area contributed by atoms with E-state index in [4.69, 9.17) is 0 Å². The van der Waals surface area contributed by atoms with Crippen molar-refractivity contribution < 1.29 is 4.79 Å². The molecule has 1 amide bonds. The molecule has 0 bridgehead atoms. The lowest BCUT2D eigenvalue weighted by molar-refractivity contribution is -0.121. The SMILES string of the molecule is C[C@@H](Sc1ncnc2sc3c(c12)CCC3)C(=O)N[C@@H]1CCCc2ccccc21. The molecule has 2 aliphatic carbocycles. The van der Waals surface area contributed by atoms with Gasteiger partial charge in [-0.25, -0.2) is 9.97 Å².